The molecule has 4 unspecified atom stereocenters. The smallest absolute Gasteiger partial charge is 0.433 e. The van der Waals surface area contributed by atoms with E-state index in [9.17, 15) is 22.8 Å². The number of carbonyl (C=O) groups is 2. The fraction of sp³-hybridized carbons (Fsp3) is 0.432. The van der Waals surface area contributed by atoms with Crippen LogP contribution in [0.4, 0.5) is 18.0 Å². The number of halogens is 3. The van der Waals surface area contributed by atoms with E-state index in [4.69, 9.17) is 14.5 Å². The van der Waals surface area contributed by atoms with Crippen molar-refractivity contribution in [3.05, 3.63) is 102 Å². The number of likely N-dealkylation sites (tertiary alicyclic amines) is 1. The van der Waals surface area contributed by atoms with Crippen molar-refractivity contribution in [2.24, 2.45) is 17.8 Å². The molecule has 3 aromatic heterocycles. The summed E-state index contributed by atoms with van der Waals surface area (Å²) in [6.07, 6.45) is 4.07. The van der Waals surface area contributed by atoms with E-state index in [1.54, 1.807) is 24.1 Å². The van der Waals surface area contributed by atoms with Gasteiger partial charge in [-0.1, -0.05) is 54.6 Å². The molecule has 2 aliphatic carbocycles. The summed E-state index contributed by atoms with van der Waals surface area (Å²) in [6.45, 7) is 3.01. The number of H-pyrrole nitrogens is 2. The van der Waals surface area contributed by atoms with Crippen molar-refractivity contribution in [1.82, 2.24) is 40.5 Å². The number of imidazole rings is 2. The number of rotatable bonds is 13. The number of alkyl halides is 3. The minimum absolute atomic E-state index is 0.115. The predicted octanol–water partition coefficient (Wildman–Crippen LogP) is 7.89. The van der Waals surface area contributed by atoms with Gasteiger partial charge in [-0.3, -0.25) is 9.78 Å². The van der Waals surface area contributed by atoms with Gasteiger partial charge in [0.25, 0.3) is 0 Å². The van der Waals surface area contributed by atoms with Crippen molar-refractivity contribution in [2.45, 2.75) is 75.9 Å². The highest BCUT2D eigenvalue weighted by molar-refractivity contribution is 5.87. The molecule has 310 valence electrons. The number of nitrogens with zero attached hydrogens (tertiary/aromatic N) is 4. The Balaban J connectivity index is 0.904. The van der Waals surface area contributed by atoms with Gasteiger partial charge in [0.15, 0.2) is 0 Å². The largest absolute Gasteiger partial charge is 0.453 e. The van der Waals surface area contributed by atoms with Gasteiger partial charge in [0, 0.05) is 32.3 Å². The van der Waals surface area contributed by atoms with Crippen molar-refractivity contribution in [3.63, 3.8) is 0 Å². The molecule has 3 fully saturated rings. The molecule has 4 N–H and O–H groups in total. The van der Waals surface area contributed by atoms with Crippen LogP contribution in [0.2, 0.25) is 0 Å². The molecule has 4 heterocycles. The molecule has 3 aliphatic rings. The normalized spacial score (nSPS) is 22.4. The number of aromatic nitrogens is 5. The van der Waals surface area contributed by atoms with Crippen LogP contribution in [0.1, 0.15) is 73.9 Å². The van der Waals surface area contributed by atoms with Gasteiger partial charge in [-0.15, -0.1) is 0 Å². The topological polar surface area (TPSA) is 150 Å². The minimum Gasteiger partial charge on any atom is -0.453 e. The number of hydrogen-bond acceptors (Lipinski definition) is 8. The highest BCUT2D eigenvalue weighted by atomic mass is 19.4. The molecule has 0 radical (unpaired) electrons. The van der Waals surface area contributed by atoms with Crippen LogP contribution < -0.4 is 10.6 Å². The standard InChI is InChI=1S/C44H49F3N8O4/c1-25(58-2)38(54-43(57)59-3)42(56)55-19-5-7-36(55)40-50-23-34(52-40)28-12-8-26(9-13-28)27-10-14-29(15-11-27)35-24-51-41(53-35)37-31-17-16-30(20-31)33(37)22-48-21-32-6-4-18-49-39(32)44(45,46)47/h4,6,8-15,18,23-25,30-31,33,36-38,48H,5,7,16-17,19-22H2,1-3H3,(H,50,52)(H,51,53)(H,54,57)/t25-,30?,31?,33?,36+,37?,38+/m1/s1. The lowest BCUT2D eigenvalue weighted by Gasteiger charge is -2.30. The summed E-state index contributed by atoms with van der Waals surface area (Å²) in [5.74, 6) is 2.93. The third-order valence-electron chi connectivity index (χ3n) is 12.6. The number of alkyl carbamates (subject to hydrolysis) is 1. The first kappa shape index (κ1) is 40.2. The van der Waals surface area contributed by atoms with E-state index < -0.39 is 30.1 Å². The summed E-state index contributed by atoms with van der Waals surface area (Å²) in [4.78, 5) is 47.5. The molecule has 0 spiro atoms. The molecule has 2 saturated carbocycles. The number of benzene rings is 2. The molecular weight excluding hydrogens is 762 g/mol. The van der Waals surface area contributed by atoms with Crippen LogP contribution in [0.15, 0.2) is 79.3 Å². The summed E-state index contributed by atoms with van der Waals surface area (Å²) in [6, 6.07) is 18.5. The Morgan fingerprint density at radius 2 is 1.49 bits per heavy atom. The van der Waals surface area contributed by atoms with Crippen molar-refractivity contribution < 1.29 is 32.2 Å². The lowest BCUT2D eigenvalue weighted by atomic mass is 9.78. The number of ether oxygens (including phenoxy) is 2. The van der Waals surface area contributed by atoms with Gasteiger partial charge in [-0.05, 0) is 97.2 Å². The molecule has 7 atom stereocenters. The van der Waals surface area contributed by atoms with Gasteiger partial charge in [0.1, 0.15) is 23.4 Å². The van der Waals surface area contributed by atoms with Crippen molar-refractivity contribution in [2.75, 3.05) is 27.3 Å². The van der Waals surface area contributed by atoms with Gasteiger partial charge in [0.2, 0.25) is 5.91 Å². The first-order valence-electron chi connectivity index (χ1n) is 20.2. The molecule has 5 aromatic rings. The molecule has 1 saturated heterocycles. The zero-order valence-electron chi connectivity index (χ0n) is 33.3. The summed E-state index contributed by atoms with van der Waals surface area (Å²) in [5, 5.41) is 5.95. The van der Waals surface area contributed by atoms with Crippen molar-refractivity contribution in [1.29, 1.82) is 0 Å². The first-order valence-corrected chi connectivity index (χ1v) is 20.2. The summed E-state index contributed by atoms with van der Waals surface area (Å²) in [7, 11) is 2.75. The lowest BCUT2D eigenvalue weighted by molar-refractivity contribution is -0.142. The molecule has 2 amide bonds. The second kappa shape index (κ2) is 17.0. The van der Waals surface area contributed by atoms with Crippen LogP contribution in [-0.2, 0) is 27.0 Å². The zero-order chi connectivity index (χ0) is 41.3. The summed E-state index contributed by atoms with van der Waals surface area (Å²) < 4.78 is 50.7. The second-order valence-corrected chi connectivity index (χ2v) is 15.9. The second-order valence-electron chi connectivity index (χ2n) is 15.9. The number of aromatic amines is 2. The molecule has 2 aromatic carbocycles. The maximum atomic E-state index is 13.6. The minimum atomic E-state index is -4.49. The Hall–Kier alpha value is -5.54. The SMILES string of the molecule is COC(=O)N[C@H](C(=O)N1CCC[C@H]1c1ncc(-c2ccc(-c3ccc(-c4cnc(C5C6CCC(C6)C5CNCc5cccnc5C(F)(F)F)[nH]4)cc3)cc2)[nH]1)[C@@H](C)OC. The van der Waals surface area contributed by atoms with Crippen LogP contribution in [0.25, 0.3) is 33.6 Å². The van der Waals surface area contributed by atoms with E-state index in [-0.39, 0.29) is 30.0 Å². The van der Waals surface area contributed by atoms with E-state index in [1.807, 2.05) is 18.3 Å². The maximum absolute atomic E-state index is 13.6. The van der Waals surface area contributed by atoms with Crippen LogP contribution in [0.5, 0.6) is 0 Å². The van der Waals surface area contributed by atoms with E-state index in [0.29, 0.717) is 36.7 Å². The molecule has 2 bridgehead atoms. The number of carbonyl (C=O) groups excluding carboxylic acids is 2. The fourth-order valence-corrected chi connectivity index (χ4v) is 9.53. The Morgan fingerprint density at radius 1 is 0.864 bits per heavy atom. The van der Waals surface area contributed by atoms with Gasteiger partial charge in [-0.25, -0.2) is 14.8 Å². The molecule has 15 heteroatoms. The average molecular weight is 811 g/mol. The van der Waals surface area contributed by atoms with Crippen LogP contribution in [0.3, 0.4) is 0 Å². The Bertz CT molecular complexity index is 2240. The van der Waals surface area contributed by atoms with E-state index in [0.717, 1.165) is 71.6 Å². The molecular formula is C44H49F3N8O4. The van der Waals surface area contributed by atoms with Crippen LogP contribution in [0, 0.1) is 17.8 Å². The van der Waals surface area contributed by atoms with Crippen LogP contribution in [-0.4, -0.2) is 81.3 Å². The first-order chi connectivity index (χ1) is 28.5. The monoisotopic (exact) mass is 810 g/mol. The lowest BCUT2D eigenvalue weighted by Crippen LogP contribution is -2.54. The van der Waals surface area contributed by atoms with E-state index in [1.165, 1.54) is 26.5 Å². The average Bonchev–Trinajstić information content (AvgIpc) is 4.11. The van der Waals surface area contributed by atoms with Crippen LogP contribution >= 0.6 is 0 Å². The number of pyridine rings is 1. The zero-order valence-corrected chi connectivity index (χ0v) is 33.3. The maximum Gasteiger partial charge on any atom is 0.433 e. The number of fused-ring (bicyclic) bond motifs is 2. The van der Waals surface area contributed by atoms with Crippen molar-refractivity contribution >= 4 is 12.0 Å². The predicted molar refractivity (Wildman–Crippen MR) is 215 cm³/mol. The fourth-order valence-electron chi connectivity index (χ4n) is 9.53. The Kier molecular flexibility index (Phi) is 11.6. The quantitative estimate of drug-likeness (QED) is 0.0939. The summed E-state index contributed by atoms with van der Waals surface area (Å²) >= 11 is 0. The van der Waals surface area contributed by atoms with Gasteiger partial charge in [-0.2, -0.15) is 13.2 Å². The third-order valence-corrected chi connectivity index (χ3v) is 12.6. The Morgan fingerprint density at radius 3 is 2.14 bits per heavy atom. The number of nitrogens with one attached hydrogen (secondary N) is 4. The molecule has 12 nitrogen and oxygen atoms in total. The van der Waals surface area contributed by atoms with Gasteiger partial charge in [0.05, 0.1) is 43.0 Å². The Labute approximate surface area is 340 Å². The highest BCUT2D eigenvalue weighted by Crippen LogP contribution is 2.56. The van der Waals surface area contributed by atoms with Crippen molar-refractivity contribution in [3.8, 4) is 33.6 Å². The van der Waals surface area contributed by atoms with E-state index >= 15 is 0 Å². The van der Waals surface area contributed by atoms with Gasteiger partial charge < -0.3 is 35.0 Å². The summed E-state index contributed by atoms with van der Waals surface area (Å²) in [5.41, 5.74) is 5.20. The molecule has 1 aliphatic heterocycles. The van der Waals surface area contributed by atoms with Gasteiger partial charge >= 0.3 is 12.3 Å². The third kappa shape index (κ3) is 8.35. The number of hydrogen-bond donors (Lipinski definition) is 4. The van der Waals surface area contributed by atoms with E-state index in [2.05, 4.69) is 67.0 Å². The molecule has 8 rings (SSSR count). The highest BCUT2D eigenvalue weighted by Gasteiger charge is 2.49. The molecule has 59 heavy (non-hydrogen) atoms. The number of amides is 2. The number of methoxy groups -OCH3 is 2.